The van der Waals surface area contributed by atoms with Crippen LogP contribution in [-0.2, 0) is 17.8 Å². The van der Waals surface area contributed by atoms with Crippen LogP contribution in [0.2, 0.25) is 0 Å². The number of ether oxygens (including phenoxy) is 1. The second kappa shape index (κ2) is 5.50. The maximum Gasteiger partial charge on any atom is 0.233 e. The molecule has 0 radical (unpaired) electrons. The monoisotopic (exact) mass is 309 g/mol. The normalized spacial score (nSPS) is 12.9. The molecule has 4 N–H and O–H groups in total. The molecule has 7 nitrogen and oxygen atoms in total. The fourth-order valence-electron chi connectivity index (χ4n) is 2.60. The minimum atomic E-state index is -0.121. The molecule has 23 heavy (non-hydrogen) atoms. The summed E-state index contributed by atoms with van der Waals surface area (Å²) in [5, 5.41) is 9.09. The Morgan fingerprint density at radius 1 is 1.35 bits per heavy atom. The van der Waals surface area contributed by atoms with Crippen LogP contribution >= 0.6 is 0 Å². The predicted octanol–water partition coefficient (Wildman–Crippen LogP) is 1.22. The van der Waals surface area contributed by atoms with Crippen LogP contribution in [0.3, 0.4) is 0 Å². The lowest BCUT2D eigenvalue weighted by Crippen LogP contribution is -2.26. The van der Waals surface area contributed by atoms with Crippen molar-refractivity contribution in [3.8, 4) is 11.8 Å². The average Bonchev–Trinajstić information content (AvgIpc) is 2.85. The van der Waals surface area contributed by atoms with E-state index in [1.165, 1.54) is 4.90 Å². The molecule has 0 spiro atoms. The Morgan fingerprint density at radius 3 is 2.65 bits per heavy atom. The van der Waals surface area contributed by atoms with E-state index in [0.717, 1.165) is 11.3 Å². The summed E-state index contributed by atoms with van der Waals surface area (Å²) in [5.41, 5.74) is 13.6. The number of amides is 1. The van der Waals surface area contributed by atoms with Gasteiger partial charge in [0.05, 0.1) is 25.8 Å². The molecule has 0 bridgehead atoms. The predicted molar refractivity (Wildman–Crippen MR) is 85.7 cm³/mol. The number of nitrogens with two attached hydrogens (primary N) is 2. The third kappa shape index (κ3) is 2.40. The summed E-state index contributed by atoms with van der Waals surface area (Å²) < 4.78 is 5.12. The number of nitrogens with zero attached hydrogens (tertiary/aromatic N) is 3. The summed E-state index contributed by atoms with van der Waals surface area (Å²) in [6.45, 7) is 0.355. The van der Waals surface area contributed by atoms with E-state index in [9.17, 15) is 4.79 Å². The van der Waals surface area contributed by atoms with Crippen molar-refractivity contribution in [2.45, 2.75) is 13.0 Å². The zero-order valence-corrected chi connectivity index (χ0v) is 12.5. The van der Waals surface area contributed by atoms with Gasteiger partial charge in [-0.2, -0.15) is 5.26 Å². The molecule has 1 aromatic carbocycles. The van der Waals surface area contributed by atoms with E-state index in [4.69, 9.17) is 21.5 Å². The first kappa shape index (κ1) is 14.7. The van der Waals surface area contributed by atoms with Gasteiger partial charge in [0, 0.05) is 5.56 Å². The van der Waals surface area contributed by atoms with Crippen LogP contribution in [0, 0.1) is 11.3 Å². The second-order valence-electron chi connectivity index (χ2n) is 5.20. The number of methoxy groups -OCH3 is 1. The number of carbonyl (C=O) groups is 1. The Morgan fingerprint density at radius 2 is 2.04 bits per heavy atom. The molecule has 0 saturated carbocycles. The van der Waals surface area contributed by atoms with Crippen LogP contribution in [0.5, 0.6) is 5.75 Å². The number of nitriles is 1. The van der Waals surface area contributed by atoms with Crippen LogP contribution in [0.15, 0.2) is 24.3 Å². The number of aromatic nitrogens is 1. The molecule has 1 aliphatic rings. The summed E-state index contributed by atoms with van der Waals surface area (Å²) in [5.74, 6) is 1.09. The molecule has 0 saturated heterocycles. The number of carbonyl (C=O) groups excluding carboxylic acids is 1. The van der Waals surface area contributed by atoms with Gasteiger partial charge < -0.3 is 16.2 Å². The van der Waals surface area contributed by atoms with Crippen molar-refractivity contribution in [3.63, 3.8) is 0 Å². The van der Waals surface area contributed by atoms with Gasteiger partial charge in [0.1, 0.15) is 29.0 Å². The van der Waals surface area contributed by atoms with Gasteiger partial charge in [0.25, 0.3) is 0 Å². The first-order chi connectivity index (χ1) is 11.0. The van der Waals surface area contributed by atoms with Gasteiger partial charge in [-0.25, -0.2) is 4.98 Å². The first-order valence-electron chi connectivity index (χ1n) is 6.96. The Hall–Kier alpha value is -3.27. The van der Waals surface area contributed by atoms with Crippen LogP contribution in [-0.4, -0.2) is 18.0 Å². The largest absolute Gasteiger partial charge is 0.497 e. The Kier molecular flexibility index (Phi) is 3.50. The third-order valence-electron chi connectivity index (χ3n) is 3.84. The SMILES string of the molecule is COc1ccc(CN2C(=O)Cc3c2nc(N)c(C#N)c3N)cc1. The smallest absolute Gasteiger partial charge is 0.233 e. The molecule has 2 aromatic rings. The lowest BCUT2D eigenvalue weighted by molar-refractivity contribution is -0.117. The van der Waals surface area contributed by atoms with Crippen LogP contribution in [0.1, 0.15) is 16.7 Å². The molecule has 2 heterocycles. The molecule has 7 heteroatoms. The molecule has 1 aromatic heterocycles. The van der Waals surface area contributed by atoms with Gasteiger partial charge in [-0.3, -0.25) is 9.69 Å². The summed E-state index contributed by atoms with van der Waals surface area (Å²) in [4.78, 5) is 18.0. The van der Waals surface area contributed by atoms with Gasteiger partial charge in [-0.05, 0) is 17.7 Å². The Labute approximate surface area is 133 Å². The Balaban J connectivity index is 1.97. The van der Waals surface area contributed by atoms with Crippen molar-refractivity contribution in [1.82, 2.24) is 4.98 Å². The highest BCUT2D eigenvalue weighted by Crippen LogP contribution is 2.36. The maximum absolute atomic E-state index is 12.3. The number of hydrogen-bond donors (Lipinski definition) is 2. The van der Waals surface area contributed by atoms with Crippen molar-refractivity contribution in [1.29, 1.82) is 5.26 Å². The number of pyridine rings is 1. The second-order valence-corrected chi connectivity index (χ2v) is 5.20. The molecule has 0 unspecified atom stereocenters. The van der Waals surface area contributed by atoms with Gasteiger partial charge in [-0.1, -0.05) is 12.1 Å². The van der Waals surface area contributed by atoms with E-state index >= 15 is 0 Å². The molecule has 3 rings (SSSR count). The molecule has 1 aliphatic heterocycles. The number of benzene rings is 1. The third-order valence-corrected chi connectivity index (χ3v) is 3.84. The van der Waals surface area contributed by atoms with Crippen LogP contribution in [0.4, 0.5) is 17.3 Å². The fraction of sp³-hybridized carbons (Fsp3) is 0.188. The topological polar surface area (TPSA) is 118 Å². The van der Waals surface area contributed by atoms with Gasteiger partial charge >= 0.3 is 0 Å². The highest BCUT2D eigenvalue weighted by molar-refractivity contribution is 6.03. The zero-order valence-electron chi connectivity index (χ0n) is 12.5. The van der Waals surface area contributed by atoms with Crippen molar-refractivity contribution in [2.75, 3.05) is 23.5 Å². The molecule has 0 fully saturated rings. The van der Waals surface area contributed by atoms with Crippen molar-refractivity contribution >= 4 is 23.2 Å². The van der Waals surface area contributed by atoms with Crippen LogP contribution in [0.25, 0.3) is 0 Å². The Bertz CT molecular complexity index is 824. The highest BCUT2D eigenvalue weighted by atomic mass is 16.5. The summed E-state index contributed by atoms with van der Waals surface area (Å²) >= 11 is 0. The minimum absolute atomic E-state index is 0.0400. The lowest BCUT2D eigenvalue weighted by atomic mass is 10.1. The number of anilines is 3. The van der Waals surface area contributed by atoms with Gasteiger partial charge in [0.2, 0.25) is 5.91 Å². The number of fused-ring (bicyclic) bond motifs is 1. The summed E-state index contributed by atoms with van der Waals surface area (Å²) in [6.07, 6.45) is 0.124. The first-order valence-corrected chi connectivity index (χ1v) is 6.96. The number of hydrogen-bond acceptors (Lipinski definition) is 6. The van der Waals surface area contributed by atoms with Crippen LogP contribution < -0.4 is 21.1 Å². The summed E-state index contributed by atoms with van der Waals surface area (Å²) in [6, 6.07) is 9.33. The van der Waals surface area contributed by atoms with Gasteiger partial charge in [0.15, 0.2) is 0 Å². The minimum Gasteiger partial charge on any atom is -0.497 e. The average molecular weight is 309 g/mol. The number of nitrogen functional groups attached to an aromatic ring is 2. The van der Waals surface area contributed by atoms with Gasteiger partial charge in [-0.15, -0.1) is 0 Å². The molecule has 0 atom stereocenters. The number of rotatable bonds is 3. The van der Waals surface area contributed by atoms with E-state index < -0.39 is 0 Å². The van der Waals surface area contributed by atoms with E-state index in [1.54, 1.807) is 7.11 Å². The molecule has 0 aliphatic carbocycles. The standard InChI is InChI=1S/C16H15N5O2/c1-23-10-4-2-9(3-5-10)8-21-13(22)6-11-14(18)12(7-17)15(19)20-16(11)21/h2-5H,6,8H2,1H3,(H4,18,19,20). The lowest BCUT2D eigenvalue weighted by Gasteiger charge is -2.17. The molecule has 116 valence electrons. The molecular formula is C16H15N5O2. The van der Waals surface area contributed by atoms with Crippen molar-refractivity contribution in [3.05, 3.63) is 41.0 Å². The van der Waals surface area contributed by atoms with Crippen molar-refractivity contribution < 1.29 is 9.53 Å². The zero-order chi connectivity index (χ0) is 16.6. The highest BCUT2D eigenvalue weighted by Gasteiger charge is 2.32. The van der Waals surface area contributed by atoms with E-state index in [1.807, 2.05) is 30.3 Å². The van der Waals surface area contributed by atoms with Crippen molar-refractivity contribution in [2.24, 2.45) is 0 Å². The van der Waals surface area contributed by atoms with E-state index in [-0.39, 0.29) is 29.4 Å². The molecule has 1 amide bonds. The fourth-order valence-corrected chi connectivity index (χ4v) is 2.60. The molecular weight excluding hydrogens is 294 g/mol. The van der Waals surface area contributed by atoms with E-state index in [0.29, 0.717) is 17.9 Å². The maximum atomic E-state index is 12.3. The quantitative estimate of drug-likeness (QED) is 0.880. The summed E-state index contributed by atoms with van der Waals surface area (Å²) in [7, 11) is 1.59. The van der Waals surface area contributed by atoms with E-state index in [2.05, 4.69) is 4.98 Å².